The zero-order chi connectivity index (χ0) is 20.9. The number of hydrogen-bond acceptors (Lipinski definition) is 5. The molecule has 0 atom stereocenters. The molecule has 1 fully saturated rings. The number of anilines is 2. The molecule has 1 aliphatic heterocycles. The number of hydrogen-bond donors (Lipinski definition) is 1. The van der Waals surface area contributed by atoms with Crippen molar-refractivity contribution in [1.29, 1.82) is 0 Å². The van der Waals surface area contributed by atoms with E-state index in [1.807, 2.05) is 11.0 Å². The van der Waals surface area contributed by atoms with Crippen LogP contribution in [0.25, 0.3) is 0 Å². The Hall–Kier alpha value is -3.68. The molecule has 2 amide bonds. The van der Waals surface area contributed by atoms with Gasteiger partial charge in [0.15, 0.2) is 0 Å². The summed E-state index contributed by atoms with van der Waals surface area (Å²) in [6.45, 7) is 5.10. The lowest BCUT2D eigenvalue weighted by Crippen LogP contribution is -2.49. The number of piperazine rings is 1. The highest BCUT2D eigenvalue weighted by Crippen LogP contribution is 2.18. The van der Waals surface area contributed by atoms with E-state index in [-0.39, 0.29) is 24.3 Å². The fourth-order valence-corrected chi connectivity index (χ4v) is 3.47. The van der Waals surface area contributed by atoms with Crippen molar-refractivity contribution in [3.63, 3.8) is 0 Å². The monoisotopic (exact) mass is 404 g/mol. The van der Waals surface area contributed by atoms with Crippen molar-refractivity contribution in [3.05, 3.63) is 72.1 Å². The lowest BCUT2D eigenvalue weighted by Gasteiger charge is -2.36. The van der Waals surface area contributed by atoms with Crippen LogP contribution in [-0.2, 0) is 11.3 Å². The van der Waals surface area contributed by atoms with Crippen LogP contribution in [0.2, 0.25) is 0 Å². The summed E-state index contributed by atoms with van der Waals surface area (Å²) in [5, 5.41) is 6.84. The Bertz CT molecular complexity index is 1020. The first kappa shape index (κ1) is 19.6. The molecule has 2 heterocycles. The van der Waals surface area contributed by atoms with Crippen molar-refractivity contribution in [2.45, 2.75) is 13.5 Å². The summed E-state index contributed by atoms with van der Waals surface area (Å²) >= 11 is 0. The van der Waals surface area contributed by atoms with Gasteiger partial charge in [0.1, 0.15) is 12.9 Å². The molecule has 1 aliphatic rings. The summed E-state index contributed by atoms with van der Waals surface area (Å²) in [5.74, 6) is -0.113. The Morgan fingerprint density at radius 2 is 1.77 bits per heavy atom. The summed E-state index contributed by atoms with van der Waals surface area (Å²) in [5.41, 5.74) is 2.95. The Balaban J connectivity index is 1.29. The molecule has 2 aromatic carbocycles. The standard InChI is InChI=1S/C22H24N6O2/c1-17-6-5-9-19(14-17)26-10-12-27(13-11-26)20(29)15-28-16-23-22(25-28)24-21(30)18-7-3-2-4-8-18/h2-9,14,16H,10-13,15H2,1H3,(H,24,25,30). The van der Waals surface area contributed by atoms with Gasteiger partial charge in [-0.2, -0.15) is 0 Å². The van der Waals surface area contributed by atoms with E-state index in [0.717, 1.165) is 13.1 Å². The van der Waals surface area contributed by atoms with E-state index < -0.39 is 0 Å². The van der Waals surface area contributed by atoms with E-state index in [1.165, 1.54) is 22.3 Å². The Labute approximate surface area is 175 Å². The van der Waals surface area contributed by atoms with Crippen molar-refractivity contribution in [3.8, 4) is 0 Å². The highest BCUT2D eigenvalue weighted by Gasteiger charge is 2.22. The fourth-order valence-electron chi connectivity index (χ4n) is 3.47. The molecule has 1 aromatic heterocycles. The van der Waals surface area contributed by atoms with Crippen LogP contribution < -0.4 is 10.2 Å². The molecule has 0 aliphatic carbocycles. The summed E-state index contributed by atoms with van der Waals surface area (Å²) < 4.78 is 1.45. The van der Waals surface area contributed by atoms with Gasteiger partial charge in [0.05, 0.1) is 0 Å². The molecule has 8 nitrogen and oxygen atoms in total. The van der Waals surface area contributed by atoms with Crippen LogP contribution in [0.15, 0.2) is 60.9 Å². The SMILES string of the molecule is Cc1cccc(N2CCN(C(=O)Cn3cnc(NC(=O)c4ccccc4)n3)CC2)c1. The zero-order valence-electron chi connectivity index (χ0n) is 16.9. The van der Waals surface area contributed by atoms with Gasteiger partial charge in [-0.25, -0.2) is 9.67 Å². The maximum atomic E-state index is 12.6. The molecule has 4 rings (SSSR count). The summed E-state index contributed by atoms with van der Waals surface area (Å²) in [4.78, 5) is 33.0. The van der Waals surface area contributed by atoms with Crippen LogP contribution in [0.1, 0.15) is 15.9 Å². The van der Waals surface area contributed by atoms with Gasteiger partial charge in [-0.15, -0.1) is 5.10 Å². The van der Waals surface area contributed by atoms with E-state index in [9.17, 15) is 9.59 Å². The topological polar surface area (TPSA) is 83.4 Å². The second-order valence-corrected chi connectivity index (χ2v) is 7.29. The van der Waals surface area contributed by atoms with Crippen LogP contribution in [0.3, 0.4) is 0 Å². The molecule has 0 bridgehead atoms. The number of amides is 2. The zero-order valence-corrected chi connectivity index (χ0v) is 16.9. The number of nitrogens with one attached hydrogen (secondary N) is 1. The van der Waals surface area contributed by atoms with Crippen molar-refractivity contribution >= 4 is 23.5 Å². The highest BCUT2D eigenvalue weighted by atomic mass is 16.2. The van der Waals surface area contributed by atoms with Gasteiger partial charge in [-0.1, -0.05) is 30.3 Å². The van der Waals surface area contributed by atoms with Gasteiger partial charge in [-0.05, 0) is 36.8 Å². The van der Waals surface area contributed by atoms with E-state index in [4.69, 9.17) is 0 Å². The van der Waals surface area contributed by atoms with E-state index in [0.29, 0.717) is 18.7 Å². The molecule has 30 heavy (non-hydrogen) atoms. The normalized spacial score (nSPS) is 13.9. The quantitative estimate of drug-likeness (QED) is 0.705. The number of carbonyl (C=O) groups is 2. The summed E-state index contributed by atoms with van der Waals surface area (Å²) in [6, 6.07) is 17.3. The first-order chi connectivity index (χ1) is 14.6. The molecule has 0 radical (unpaired) electrons. The Kier molecular flexibility index (Phi) is 5.74. The van der Waals surface area contributed by atoms with Crippen molar-refractivity contribution in [1.82, 2.24) is 19.7 Å². The minimum absolute atomic E-state index is 0.00951. The number of aromatic nitrogens is 3. The van der Waals surface area contributed by atoms with Crippen LogP contribution in [-0.4, -0.2) is 57.7 Å². The smallest absolute Gasteiger partial charge is 0.258 e. The Morgan fingerprint density at radius 3 is 2.50 bits per heavy atom. The van der Waals surface area contributed by atoms with Crippen LogP contribution in [0.5, 0.6) is 0 Å². The largest absolute Gasteiger partial charge is 0.368 e. The third kappa shape index (κ3) is 4.65. The molecule has 1 N–H and O–H groups in total. The molecule has 154 valence electrons. The average molecular weight is 404 g/mol. The van der Waals surface area contributed by atoms with Crippen LogP contribution in [0.4, 0.5) is 11.6 Å². The number of rotatable bonds is 5. The van der Waals surface area contributed by atoms with Crippen molar-refractivity contribution in [2.24, 2.45) is 0 Å². The van der Waals surface area contributed by atoms with Gasteiger partial charge in [-0.3, -0.25) is 14.9 Å². The predicted molar refractivity (Wildman–Crippen MR) is 114 cm³/mol. The van der Waals surface area contributed by atoms with Gasteiger partial charge >= 0.3 is 0 Å². The molecular weight excluding hydrogens is 380 g/mol. The van der Waals surface area contributed by atoms with E-state index >= 15 is 0 Å². The molecule has 8 heteroatoms. The fraction of sp³-hybridized carbons (Fsp3) is 0.273. The molecule has 1 saturated heterocycles. The van der Waals surface area contributed by atoms with E-state index in [2.05, 4.69) is 51.5 Å². The molecular formula is C22H24N6O2. The lowest BCUT2D eigenvalue weighted by molar-refractivity contribution is -0.132. The summed E-state index contributed by atoms with van der Waals surface area (Å²) in [6.07, 6.45) is 1.46. The maximum Gasteiger partial charge on any atom is 0.258 e. The first-order valence-corrected chi connectivity index (χ1v) is 9.94. The first-order valence-electron chi connectivity index (χ1n) is 9.94. The second-order valence-electron chi connectivity index (χ2n) is 7.29. The van der Waals surface area contributed by atoms with E-state index in [1.54, 1.807) is 24.3 Å². The van der Waals surface area contributed by atoms with Gasteiger partial charge in [0, 0.05) is 37.4 Å². The third-order valence-corrected chi connectivity index (χ3v) is 5.09. The lowest BCUT2D eigenvalue weighted by atomic mass is 10.2. The highest BCUT2D eigenvalue weighted by molar-refractivity contribution is 6.03. The Morgan fingerprint density at radius 1 is 1.00 bits per heavy atom. The number of carbonyl (C=O) groups excluding carboxylic acids is 2. The van der Waals surface area contributed by atoms with Gasteiger partial charge in [0.25, 0.3) is 5.91 Å². The third-order valence-electron chi connectivity index (χ3n) is 5.09. The van der Waals surface area contributed by atoms with Crippen molar-refractivity contribution < 1.29 is 9.59 Å². The average Bonchev–Trinajstić information content (AvgIpc) is 3.21. The molecule has 0 saturated carbocycles. The van der Waals surface area contributed by atoms with Gasteiger partial charge < -0.3 is 9.80 Å². The number of benzene rings is 2. The molecule has 3 aromatic rings. The minimum atomic E-state index is -0.285. The second kappa shape index (κ2) is 8.77. The molecule has 0 spiro atoms. The van der Waals surface area contributed by atoms with Crippen molar-refractivity contribution in [2.75, 3.05) is 36.4 Å². The van der Waals surface area contributed by atoms with Crippen LogP contribution >= 0.6 is 0 Å². The summed E-state index contributed by atoms with van der Waals surface area (Å²) in [7, 11) is 0. The number of aryl methyl sites for hydroxylation is 1. The van der Waals surface area contributed by atoms with Gasteiger partial charge in [0.2, 0.25) is 11.9 Å². The predicted octanol–water partition coefficient (Wildman–Crippen LogP) is 2.19. The minimum Gasteiger partial charge on any atom is -0.368 e. The molecule has 0 unspecified atom stereocenters. The van der Waals surface area contributed by atoms with Crippen LogP contribution in [0, 0.1) is 6.92 Å². The number of nitrogens with zero attached hydrogens (tertiary/aromatic N) is 5. The maximum absolute atomic E-state index is 12.6.